The highest BCUT2D eigenvalue weighted by Crippen LogP contribution is 2.37. The second-order valence-corrected chi connectivity index (χ2v) is 6.27. The fourth-order valence-electron chi connectivity index (χ4n) is 0. The molecule has 0 saturated heterocycles. The summed E-state index contributed by atoms with van der Waals surface area (Å²) in [6.07, 6.45) is 0. The van der Waals surface area contributed by atoms with Crippen LogP contribution < -0.4 is 0 Å². The monoisotopic (exact) mass is 288 g/mol. The zero-order chi connectivity index (χ0) is 6.08. The van der Waals surface area contributed by atoms with Crippen molar-refractivity contribution in [2.45, 2.75) is 7.53 Å². The van der Waals surface area contributed by atoms with Gasteiger partial charge in [-0.1, -0.05) is 66.7 Å². The molecule has 44 valence electrons. The Balaban J connectivity index is 3.54. The molecule has 0 aliphatic heterocycles. The minimum absolute atomic E-state index is 0.280. The highest BCUT2D eigenvalue weighted by Gasteiger charge is 2.27. The van der Waals surface area contributed by atoms with Crippen LogP contribution in [0.5, 0.6) is 0 Å². The van der Waals surface area contributed by atoms with Crippen LogP contribution in [-0.2, 0) is 0 Å². The Hall–Kier alpha value is 1.83. The van der Waals surface area contributed by atoms with Gasteiger partial charge in [0.05, 0.1) is 0 Å². The predicted octanol–water partition coefficient (Wildman–Crippen LogP) is 3.47. The maximum atomic E-state index is 5.31. The van der Waals surface area contributed by atoms with Gasteiger partial charge < -0.3 is 0 Å². The highest BCUT2D eigenvalue weighted by molar-refractivity contribution is 9.24. The lowest BCUT2D eigenvalue weighted by atomic mass is 10.9. The molecule has 0 aliphatic rings. The van der Waals surface area contributed by atoms with E-state index in [1.807, 2.05) is 0 Å². The number of hydrogen-bond donors (Lipinski definition) is 0. The van der Waals surface area contributed by atoms with Crippen molar-refractivity contribution < 1.29 is 0 Å². The van der Waals surface area contributed by atoms with Gasteiger partial charge in [0, 0.05) is 0 Å². The van der Waals surface area contributed by atoms with E-state index < -0.39 is 3.79 Å². The molecule has 0 N–H and O–H groups in total. The van der Waals surface area contributed by atoms with Gasteiger partial charge in [-0.2, -0.15) is 0 Å². The van der Waals surface area contributed by atoms with Crippen LogP contribution in [0.1, 0.15) is 0 Å². The average Bonchev–Trinajstić information content (AvgIpc) is 1.31. The van der Waals surface area contributed by atoms with Crippen LogP contribution in [-0.4, -0.2) is 7.53 Å². The summed E-state index contributed by atoms with van der Waals surface area (Å²) in [5, 5.41) is 0. The van der Waals surface area contributed by atoms with E-state index in [4.69, 9.17) is 34.8 Å². The molecular formula is C2HBr2Cl3. The minimum atomic E-state index is -1.25. The molecule has 0 amide bonds. The Kier molecular flexibility index (Phi) is 3.93. The van der Waals surface area contributed by atoms with Crippen molar-refractivity contribution in [3.05, 3.63) is 0 Å². The lowest BCUT2D eigenvalue weighted by Crippen LogP contribution is -2.10. The molecule has 0 radical (unpaired) electrons. The molecule has 0 aliphatic carbocycles. The minimum Gasteiger partial charge on any atom is -0.0814 e. The summed E-state index contributed by atoms with van der Waals surface area (Å²) in [4.78, 5) is 0. The van der Waals surface area contributed by atoms with Gasteiger partial charge in [-0.3, -0.25) is 0 Å². The van der Waals surface area contributed by atoms with E-state index in [9.17, 15) is 0 Å². The second kappa shape index (κ2) is 3.11. The number of hydrogen-bond acceptors (Lipinski definition) is 0. The quantitative estimate of drug-likeness (QED) is 0.599. The third kappa shape index (κ3) is 4.34. The third-order valence-electron chi connectivity index (χ3n) is 0.247. The Morgan fingerprint density at radius 3 is 1.29 bits per heavy atom. The van der Waals surface area contributed by atoms with Crippen LogP contribution in [0.3, 0.4) is 0 Å². The van der Waals surface area contributed by atoms with Crippen LogP contribution in [0.25, 0.3) is 0 Å². The Morgan fingerprint density at radius 2 is 1.29 bits per heavy atom. The van der Waals surface area contributed by atoms with E-state index in [2.05, 4.69) is 31.9 Å². The molecule has 0 atom stereocenters. The Morgan fingerprint density at radius 1 is 1.14 bits per heavy atom. The fraction of sp³-hybridized carbons (Fsp3) is 1.00. The van der Waals surface area contributed by atoms with E-state index in [1.165, 1.54) is 0 Å². The molecule has 0 aromatic heterocycles. The molecule has 0 aromatic carbocycles. The summed E-state index contributed by atoms with van der Waals surface area (Å²) in [7, 11) is 0. The first kappa shape index (κ1) is 8.83. The van der Waals surface area contributed by atoms with Gasteiger partial charge in [0.25, 0.3) is 0 Å². The van der Waals surface area contributed by atoms with E-state index >= 15 is 0 Å². The third-order valence-corrected chi connectivity index (χ3v) is 3.86. The largest absolute Gasteiger partial charge is 0.212 e. The molecule has 0 nitrogen and oxygen atoms in total. The van der Waals surface area contributed by atoms with Crippen LogP contribution in [0.15, 0.2) is 0 Å². The van der Waals surface area contributed by atoms with Crippen molar-refractivity contribution in [3.8, 4) is 0 Å². The van der Waals surface area contributed by atoms with Gasteiger partial charge in [-0.15, -0.1) is 0 Å². The van der Waals surface area contributed by atoms with Crippen LogP contribution in [0.4, 0.5) is 0 Å². The van der Waals surface area contributed by atoms with Gasteiger partial charge in [0.2, 0.25) is 3.79 Å². The number of alkyl halides is 5. The maximum Gasteiger partial charge on any atom is 0.212 e. The van der Waals surface area contributed by atoms with E-state index in [0.29, 0.717) is 0 Å². The van der Waals surface area contributed by atoms with Gasteiger partial charge in [0.1, 0.15) is 3.74 Å². The lowest BCUT2D eigenvalue weighted by molar-refractivity contribution is 1.26. The van der Waals surface area contributed by atoms with Crippen molar-refractivity contribution in [1.29, 1.82) is 0 Å². The van der Waals surface area contributed by atoms with Gasteiger partial charge >= 0.3 is 0 Å². The molecule has 0 saturated carbocycles. The van der Waals surface area contributed by atoms with Crippen molar-refractivity contribution in [3.63, 3.8) is 0 Å². The number of halogens is 5. The van der Waals surface area contributed by atoms with Crippen LogP contribution in [0, 0.1) is 0 Å². The van der Waals surface area contributed by atoms with Gasteiger partial charge in [-0.25, -0.2) is 0 Å². The fourth-order valence-corrected chi connectivity index (χ4v) is 0. The number of rotatable bonds is 0. The first-order chi connectivity index (χ1) is 2.94. The van der Waals surface area contributed by atoms with Gasteiger partial charge in [0.15, 0.2) is 0 Å². The van der Waals surface area contributed by atoms with Gasteiger partial charge in [-0.05, 0) is 0 Å². The summed E-state index contributed by atoms with van der Waals surface area (Å²) < 4.78 is -1.53. The smallest absolute Gasteiger partial charge is 0.0814 e. The molecule has 0 rings (SSSR count). The van der Waals surface area contributed by atoms with E-state index in [1.54, 1.807) is 0 Å². The van der Waals surface area contributed by atoms with Crippen molar-refractivity contribution >= 4 is 66.7 Å². The van der Waals surface area contributed by atoms with E-state index in [0.717, 1.165) is 0 Å². The summed E-state index contributed by atoms with van der Waals surface area (Å²) in [6.45, 7) is 0. The lowest BCUT2D eigenvalue weighted by Gasteiger charge is -2.09. The molecular weight excluding hydrogens is 290 g/mol. The van der Waals surface area contributed by atoms with E-state index in [-0.39, 0.29) is 3.74 Å². The Bertz CT molecular complexity index is 56.4. The highest BCUT2D eigenvalue weighted by atomic mass is 79.9. The summed E-state index contributed by atoms with van der Waals surface area (Å²) in [5.41, 5.74) is 0. The first-order valence-corrected chi connectivity index (χ1v) is 4.26. The molecule has 0 fully saturated rings. The van der Waals surface area contributed by atoms with Crippen LogP contribution in [0.2, 0.25) is 0 Å². The molecule has 0 heterocycles. The normalized spacial score (nSPS) is 12.9. The molecule has 5 heteroatoms. The average molecular weight is 291 g/mol. The first-order valence-electron chi connectivity index (χ1n) is 1.29. The molecule has 0 bridgehead atoms. The Labute approximate surface area is 73.7 Å². The second-order valence-electron chi connectivity index (χ2n) is 0.842. The molecule has 0 unspecified atom stereocenters. The summed E-state index contributed by atoms with van der Waals surface area (Å²) in [6, 6.07) is 0. The maximum absolute atomic E-state index is 5.31. The predicted molar refractivity (Wildman–Crippen MR) is 41.9 cm³/mol. The van der Waals surface area contributed by atoms with Crippen molar-refractivity contribution in [2.24, 2.45) is 0 Å². The van der Waals surface area contributed by atoms with Crippen molar-refractivity contribution in [2.75, 3.05) is 0 Å². The van der Waals surface area contributed by atoms with Crippen LogP contribution >= 0.6 is 66.7 Å². The molecule has 7 heavy (non-hydrogen) atoms. The zero-order valence-electron chi connectivity index (χ0n) is 2.97. The SMILES string of the molecule is ClC(Cl)(Cl)C(Br)Br. The summed E-state index contributed by atoms with van der Waals surface area (Å²) >= 11 is 21.9. The zero-order valence-corrected chi connectivity index (χ0v) is 8.41. The summed E-state index contributed by atoms with van der Waals surface area (Å²) in [5.74, 6) is 0. The molecule has 0 aromatic rings. The standard InChI is InChI=1S/C2HBr2Cl3/c3-1(4)2(5,6)7/h1H. The topological polar surface area (TPSA) is 0 Å². The van der Waals surface area contributed by atoms with Crippen molar-refractivity contribution in [1.82, 2.24) is 0 Å². The molecule has 0 spiro atoms.